The minimum Gasteiger partial charge on any atom is -0.337 e. The molecule has 0 amide bonds. The molecule has 0 fully saturated rings. The van der Waals surface area contributed by atoms with Crippen LogP contribution in [0, 0.1) is 0 Å². The van der Waals surface area contributed by atoms with Crippen LogP contribution < -0.4 is 5.32 Å². The van der Waals surface area contributed by atoms with Crippen molar-refractivity contribution >= 4 is 9.84 Å². The second-order valence-electron chi connectivity index (χ2n) is 3.81. The van der Waals surface area contributed by atoms with Crippen LogP contribution >= 0.6 is 0 Å². The highest BCUT2D eigenvalue weighted by Crippen LogP contribution is 2.07. The highest BCUT2D eigenvalue weighted by Gasteiger charge is 2.11. The molecule has 0 bridgehead atoms. The second kappa shape index (κ2) is 5.45. The lowest BCUT2D eigenvalue weighted by molar-refractivity contribution is 0.541. The van der Waals surface area contributed by atoms with Gasteiger partial charge in [0.2, 0.25) is 0 Å². The molecule has 1 aromatic heterocycles. The third kappa shape index (κ3) is 3.61. The molecule has 0 spiro atoms. The van der Waals surface area contributed by atoms with Gasteiger partial charge >= 0.3 is 0 Å². The fourth-order valence-corrected chi connectivity index (χ4v) is 2.18. The van der Waals surface area contributed by atoms with E-state index in [1.165, 1.54) is 0 Å². The van der Waals surface area contributed by atoms with Gasteiger partial charge in [0.25, 0.3) is 0 Å². The number of sulfone groups is 1. The zero-order chi connectivity index (χ0) is 12.2. The quantitative estimate of drug-likeness (QED) is 0.793. The van der Waals surface area contributed by atoms with E-state index in [0.717, 1.165) is 5.82 Å². The first-order valence-electron chi connectivity index (χ1n) is 5.37. The number of imidazole rings is 1. The summed E-state index contributed by atoms with van der Waals surface area (Å²) >= 11 is 0. The largest absolute Gasteiger partial charge is 0.337 e. The molecule has 6 heteroatoms. The number of nitrogens with one attached hydrogen (secondary N) is 1. The molecule has 1 unspecified atom stereocenters. The van der Waals surface area contributed by atoms with E-state index in [0.29, 0.717) is 6.54 Å². The van der Waals surface area contributed by atoms with E-state index in [-0.39, 0.29) is 17.5 Å². The van der Waals surface area contributed by atoms with Gasteiger partial charge in [0, 0.05) is 31.7 Å². The molecule has 1 atom stereocenters. The average Bonchev–Trinajstić information content (AvgIpc) is 2.64. The molecule has 0 saturated carbocycles. The number of aryl methyl sites for hydroxylation is 1. The van der Waals surface area contributed by atoms with Crippen molar-refractivity contribution < 1.29 is 8.42 Å². The van der Waals surface area contributed by atoms with Gasteiger partial charge in [0.15, 0.2) is 9.84 Å². The summed E-state index contributed by atoms with van der Waals surface area (Å²) in [6.07, 6.45) is 3.60. The standard InChI is InChI=1S/C10H19N3O2S/c1-4-16(14,15)8-6-11-9(2)10-12-5-7-13(10)3/h5,7,9,11H,4,6,8H2,1-3H3. The summed E-state index contributed by atoms with van der Waals surface area (Å²) in [6, 6.07) is 0.0621. The predicted molar refractivity (Wildman–Crippen MR) is 64.0 cm³/mol. The van der Waals surface area contributed by atoms with Crippen LogP contribution in [0.5, 0.6) is 0 Å². The molecule has 0 saturated heterocycles. The van der Waals surface area contributed by atoms with Crippen molar-refractivity contribution in [3.05, 3.63) is 18.2 Å². The summed E-state index contributed by atoms with van der Waals surface area (Å²) in [4.78, 5) is 4.20. The molecule has 0 aliphatic heterocycles. The highest BCUT2D eigenvalue weighted by atomic mass is 32.2. The van der Waals surface area contributed by atoms with Gasteiger partial charge in [-0.1, -0.05) is 6.92 Å². The van der Waals surface area contributed by atoms with Crippen LogP contribution in [-0.4, -0.2) is 36.0 Å². The molecule has 1 rings (SSSR count). The van der Waals surface area contributed by atoms with Gasteiger partial charge < -0.3 is 9.88 Å². The Kier molecular flexibility index (Phi) is 4.49. The van der Waals surface area contributed by atoms with E-state index < -0.39 is 9.84 Å². The van der Waals surface area contributed by atoms with Crippen molar-refractivity contribution in [3.8, 4) is 0 Å². The Balaban J connectivity index is 2.43. The van der Waals surface area contributed by atoms with Crippen LogP contribution in [0.25, 0.3) is 0 Å². The molecule has 0 aliphatic rings. The molecule has 1 aromatic rings. The smallest absolute Gasteiger partial charge is 0.151 e. The van der Waals surface area contributed by atoms with Crippen molar-refractivity contribution in [1.82, 2.24) is 14.9 Å². The average molecular weight is 245 g/mol. The SMILES string of the molecule is CCS(=O)(=O)CCNC(C)c1nccn1C. The fourth-order valence-electron chi connectivity index (χ4n) is 1.46. The van der Waals surface area contributed by atoms with Gasteiger partial charge in [0.1, 0.15) is 5.82 Å². The molecule has 0 aromatic carbocycles. The van der Waals surface area contributed by atoms with Crippen LogP contribution in [0.1, 0.15) is 25.7 Å². The number of rotatable bonds is 6. The lowest BCUT2D eigenvalue weighted by Gasteiger charge is -2.13. The van der Waals surface area contributed by atoms with Gasteiger partial charge in [-0.15, -0.1) is 0 Å². The maximum Gasteiger partial charge on any atom is 0.151 e. The number of hydrogen-bond donors (Lipinski definition) is 1. The lowest BCUT2D eigenvalue weighted by Crippen LogP contribution is -2.27. The fraction of sp³-hybridized carbons (Fsp3) is 0.700. The van der Waals surface area contributed by atoms with Gasteiger partial charge in [0.05, 0.1) is 11.8 Å². The summed E-state index contributed by atoms with van der Waals surface area (Å²) in [5, 5.41) is 3.15. The Morgan fingerprint density at radius 1 is 1.56 bits per heavy atom. The molecule has 16 heavy (non-hydrogen) atoms. The minimum atomic E-state index is -2.88. The third-order valence-electron chi connectivity index (χ3n) is 2.55. The van der Waals surface area contributed by atoms with E-state index in [9.17, 15) is 8.42 Å². The molecular weight excluding hydrogens is 226 g/mol. The molecule has 1 N–H and O–H groups in total. The Hall–Kier alpha value is -0.880. The van der Waals surface area contributed by atoms with E-state index in [4.69, 9.17) is 0 Å². The van der Waals surface area contributed by atoms with Crippen LogP contribution in [-0.2, 0) is 16.9 Å². The van der Waals surface area contributed by atoms with Gasteiger partial charge in [-0.2, -0.15) is 0 Å². The van der Waals surface area contributed by atoms with E-state index >= 15 is 0 Å². The predicted octanol–water partition coefficient (Wildman–Crippen LogP) is 0.505. The Bertz CT molecular complexity index is 425. The first kappa shape index (κ1) is 13.2. The van der Waals surface area contributed by atoms with Gasteiger partial charge in [-0.05, 0) is 6.92 Å². The van der Waals surface area contributed by atoms with Crippen molar-refractivity contribution in [1.29, 1.82) is 0 Å². The number of nitrogens with zero attached hydrogens (tertiary/aromatic N) is 2. The maximum atomic E-state index is 11.3. The van der Waals surface area contributed by atoms with Crippen LogP contribution in [0.4, 0.5) is 0 Å². The maximum absolute atomic E-state index is 11.3. The molecule has 1 heterocycles. The van der Waals surface area contributed by atoms with Gasteiger partial charge in [-0.3, -0.25) is 0 Å². The zero-order valence-electron chi connectivity index (χ0n) is 9.97. The summed E-state index contributed by atoms with van der Waals surface area (Å²) in [5.74, 6) is 1.29. The van der Waals surface area contributed by atoms with E-state index in [2.05, 4.69) is 10.3 Å². The Morgan fingerprint density at radius 2 is 2.25 bits per heavy atom. The first-order chi connectivity index (χ1) is 7.46. The van der Waals surface area contributed by atoms with Crippen molar-refractivity contribution in [2.75, 3.05) is 18.1 Å². The first-order valence-corrected chi connectivity index (χ1v) is 7.19. The molecule has 5 nitrogen and oxygen atoms in total. The molecule has 0 aliphatic carbocycles. The summed E-state index contributed by atoms with van der Waals surface area (Å²) < 4.78 is 24.5. The Morgan fingerprint density at radius 3 is 2.75 bits per heavy atom. The minimum absolute atomic E-state index is 0.0621. The lowest BCUT2D eigenvalue weighted by atomic mass is 10.3. The topological polar surface area (TPSA) is 64.0 Å². The van der Waals surface area contributed by atoms with Crippen LogP contribution in [0.3, 0.4) is 0 Å². The second-order valence-corrected chi connectivity index (χ2v) is 6.28. The molecular formula is C10H19N3O2S. The van der Waals surface area contributed by atoms with Crippen molar-refractivity contribution in [2.24, 2.45) is 7.05 Å². The van der Waals surface area contributed by atoms with Crippen molar-refractivity contribution in [2.45, 2.75) is 19.9 Å². The normalized spacial score (nSPS) is 13.9. The summed E-state index contributed by atoms with van der Waals surface area (Å²) in [7, 11) is -0.964. The van der Waals surface area contributed by atoms with Crippen LogP contribution in [0.15, 0.2) is 12.4 Å². The summed E-state index contributed by atoms with van der Waals surface area (Å²) in [5.41, 5.74) is 0. The molecule has 0 radical (unpaired) electrons. The number of aromatic nitrogens is 2. The number of hydrogen-bond acceptors (Lipinski definition) is 4. The molecule has 92 valence electrons. The third-order valence-corrected chi connectivity index (χ3v) is 4.25. The highest BCUT2D eigenvalue weighted by molar-refractivity contribution is 7.91. The van der Waals surface area contributed by atoms with E-state index in [1.807, 2.05) is 24.7 Å². The zero-order valence-corrected chi connectivity index (χ0v) is 10.8. The van der Waals surface area contributed by atoms with Crippen molar-refractivity contribution in [3.63, 3.8) is 0 Å². The summed E-state index contributed by atoms with van der Waals surface area (Å²) in [6.45, 7) is 4.10. The monoisotopic (exact) mass is 245 g/mol. The van der Waals surface area contributed by atoms with Crippen LogP contribution in [0.2, 0.25) is 0 Å². The van der Waals surface area contributed by atoms with Gasteiger partial charge in [-0.25, -0.2) is 13.4 Å². The Labute approximate surface area is 96.8 Å². The van der Waals surface area contributed by atoms with E-state index in [1.54, 1.807) is 13.1 Å².